The van der Waals surface area contributed by atoms with Crippen LogP contribution in [0.15, 0.2) is 65.6 Å². The summed E-state index contributed by atoms with van der Waals surface area (Å²) < 4.78 is 47.1. The predicted molar refractivity (Wildman–Crippen MR) is 92.3 cm³/mol. The molecule has 0 fully saturated rings. The van der Waals surface area contributed by atoms with Gasteiger partial charge in [-0.05, 0) is 31.2 Å². The van der Waals surface area contributed by atoms with Crippen LogP contribution in [-0.4, -0.2) is 15.0 Å². The maximum atomic E-state index is 13.8. The lowest BCUT2D eigenvalue weighted by molar-refractivity contribution is 0.344. The summed E-state index contributed by atoms with van der Waals surface area (Å²) in [5.74, 6) is -0.0192. The molecule has 3 aromatic carbocycles. The maximum absolute atomic E-state index is 13.8. The van der Waals surface area contributed by atoms with Crippen molar-refractivity contribution < 1.29 is 17.5 Å². The van der Waals surface area contributed by atoms with E-state index < -0.39 is 15.8 Å². The number of para-hydroxylation sites is 1. The van der Waals surface area contributed by atoms with Gasteiger partial charge in [-0.3, -0.25) is 4.72 Å². The number of fused-ring (bicyclic) bond motifs is 1. The van der Waals surface area contributed by atoms with Crippen molar-refractivity contribution in [2.24, 2.45) is 0 Å². The molecular formula is C18H16FNO3S. The summed E-state index contributed by atoms with van der Waals surface area (Å²) in [6.45, 7) is 2.34. The third-order valence-electron chi connectivity index (χ3n) is 3.55. The number of halogens is 1. The zero-order valence-electron chi connectivity index (χ0n) is 13.0. The van der Waals surface area contributed by atoms with Crippen LogP contribution in [0.3, 0.4) is 0 Å². The summed E-state index contributed by atoms with van der Waals surface area (Å²) in [7, 11) is -3.94. The van der Waals surface area contributed by atoms with E-state index in [9.17, 15) is 12.8 Å². The number of hydrogen-bond acceptors (Lipinski definition) is 3. The van der Waals surface area contributed by atoms with Crippen molar-refractivity contribution in [3.8, 4) is 5.75 Å². The SMILES string of the molecule is CCOc1ccc(S(=O)(=O)Nc2ccccc2F)c2ccccc12. The van der Waals surface area contributed by atoms with E-state index in [4.69, 9.17) is 4.74 Å². The highest BCUT2D eigenvalue weighted by molar-refractivity contribution is 7.93. The molecule has 3 aromatic rings. The van der Waals surface area contributed by atoms with Crippen molar-refractivity contribution in [1.82, 2.24) is 0 Å². The lowest BCUT2D eigenvalue weighted by atomic mass is 10.1. The highest BCUT2D eigenvalue weighted by atomic mass is 32.2. The van der Waals surface area contributed by atoms with E-state index in [0.717, 1.165) is 0 Å². The molecule has 0 saturated carbocycles. The lowest BCUT2D eigenvalue weighted by Crippen LogP contribution is -2.14. The summed E-state index contributed by atoms with van der Waals surface area (Å²) in [4.78, 5) is 0.0739. The Morgan fingerprint density at radius 1 is 0.958 bits per heavy atom. The van der Waals surface area contributed by atoms with E-state index in [1.807, 2.05) is 13.0 Å². The van der Waals surface area contributed by atoms with Crippen LogP contribution in [0.25, 0.3) is 10.8 Å². The van der Waals surface area contributed by atoms with E-state index in [-0.39, 0.29) is 10.6 Å². The molecule has 0 bridgehead atoms. The number of hydrogen-bond donors (Lipinski definition) is 1. The first-order valence-corrected chi connectivity index (χ1v) is 8.93. The second-order valence-corrected chi connectivity index (χ2v) is 6.78. The number of sulfonamides is 1. The average molecular weight is 345 g/mol. The van der Waals surface area contributed by atoms with E-state index in [0.29, 0.717) is 23.1 Å². The molecular weight excluding hydrogens is 329 g/mol. The van der Waals surface area contributed by atoms with Gasteiger partial charge in [-0.15, -0.1) is 0 Å². The molecule has 4 nitrogen and oxygen atoms in total. The molecule has 0 heterocycles. The van der Waals surface area contributed by atoms with E-state index >= 15 is 0 Å². The minimum absolute atomic E-state index is 0.0739. The smallest absolute Gasteiger partial charge is 0.262 e. The average Bonchev–Trinajstić information content (AvgIpc) is 2.57. The van der Waals surface area contributed by atoms with Crippen molar-refractivity contribution in [2.75, 3.05) is 11.3 Å². The number of ether oxygens (including phenoxy) is 1. The topological polar surface area (TPSA) is 55.4 Å². The fraction of sp³-hybridized carbons (Fsp3) is 0.111. The molecule has 24 heavy (non-hydrogen) atoms. The van der Waals surface area contributed by atoms with Crippen molar-refractivity contribution in [1.29, 1.82) is 0 Å². The van der Waals surface area contributed by atoms with Crippen molar-refractivity contribution in [2.45, 2.75) is 11.8 Å². The first-order chi connectivity index (χ1) is 11.5. The van der Waals surface area contributed by atoms with Crippen molar-refractivity contribution in [3.05, 3.63) is 66.5 Å². The van der Waals surface area contributed by atoms with Crippen LogP contribution >= 0.6 is 0 Å². The van der Waals surface area contributed by atoms with Gasteiger partial charge >= 0.3 is 0 Å². The molecule has 0 aromatic heterocycles. The summed E-state index contributed by atoms with van der Waals surface area (Å²) in [5, 5.41) is 1.21. The van der Waals surface area contributed by atoms with Gasteiger partial charge in [0, 0.05) is 10.8 Å². The Kier molecular flexibility index (Phi) is 4.40. The molecule has 0 aliphatic rings. The Bertz CT molecular complexity index is 986. The van der Waals surface area contributed by atoms with Gasteiger partial charge in [0.05, 0.1) is 17.2 Å². The van der Waals surface area contributed by atoms with Gasteiger partial charge in [-0.25, -0.2) is 12.8 Å². The number of benzene rings is 3. The van der Waals surface area contributed by atoms with Gasteiger partial charge < -0.3 is 4.74 Å². The third-order valence-corrected chi connectivity index (χ3v) is 4.98. The Hall–Kier alpha value is -2.60. The fourth-order valence-electron chi connectivity index (χ4n) is 2.50. The van der Waals surface area contributed by atoms with Crippen molar-refractivity contribution in [3.63, 3.8) is 0 Å². The van der Waals surface area contributed by atoms with Crippen LogP contribution < -0.4 is 9.46 Å². The normalized spacial score (nSPS) is 11.4. The first-order valence-electron chi connectivity index (χ1n) is 7.45. The highest BCUT2D eigenvalue weighted by Crippen LogP contribution is 2.32. The molecule has 0 aliphatic heterocycles. The van der Waals surface area contributed by atoms with Crippen LogP contribution in [0.4, 0.5) is 10.1 Å². The second-order valence-electron chi connectivity index (χ2n) is 5.13. The van der Waals surface area contributed by atoms with Gasteiger partial charge in [0.1, 0.15) is 11.6 Å². The van der Waals surface area contributed by atoms with Gasteiger partial charge in [-0.2, -0.15) is 0 Å². The third kappa shape index (κ3) is 3.05. The monoisotopic (exact) mass is 345 g/mol. The minimum atomic E-state index is -3.94. The quantitative estimate of drug-likeness (QED) is 0.755. The Balaban J connectivity index is 2.12. The van der Waals surface area contributed by atoms with Crippen LogP contribution in [0, 0.1) is 5.82 Å². The van der Waals surface area contributed by atoms with E-state index in [1.54, 1.807) is 30.3 Å². The molecule has 0 atom stereocenters. The predicted octanol–water partition coefficient (Wildman–Crippen LogP) is 4.18. The zero-order chi connectivity index (χ0) is 17.2. The molecule has 1 N–H and O–H groups in total. The largest absolute Gasteiger partial charge is 0.493 e. The van der Waals surface area contributed by atoms with Crippen LogP contribution in [0.5, 0.6) is 5.75 Å². The highest BCUT2D eigenvalue weighted by Gasteiger charge is 2.20. The molecule has 0 saturated heterocycles. The molecule has 0 spiro atoms. The van der Waals surface area contributed by atoms with Gasteiger partial charge in [0.2, 0.25) is 0 Å². The Morgan fingerprint density at radius 3 is 2.33 bits per heavy atom. The summed E-state index contributed by atoms with van der Waals surface area (Å²) >= 11 is 0. The van der Waals surface area contributed by atoms with Crippen molar-refractivity contribution >= 4 is 26.5 Å². The zero-order valence-corrected chi connectivity index (χ0v) is 13.8. The minimum Gasteiger partial charge on any atom is -0.493 e. The molecule has 0 aliphatic carbocycles. The number of rotatable bonds is 5. The first kappa shape index (κ1) is 16.3. The Morgan fingerprint density at radius 2 is 1.62 bits per heavy atom. The molecule has 0 unspecified atom stereocenters. The summed E-state index contributed by atoms with van der Waals surface area (Å²) in [5.41, 5.74) is -0.0875. The molecule has 124 valence electrons. The van der Waals surface area contributed by atoms with E-state index in [2.05, 4.69) is 4.72 Å². The van der Waals surface area contributed by atoms with Crippen LogP contribution in [0.2, 0.25) is 0 Å². The second kappa shape index (κ2) is 6.49. The molecule has 0 radical (unpaired) electrons. The van der Waals surface area contributed by atoms with Gasteiger partial charge in [0.15, 0.2) is 0 Å². The molecule has 3 rings (SSSR count). The lowest BCUT2D eigenvalue weighted by Gasteiger charge is -2.13. The molecule has 0 amide bonds. The summed E-state index contributed by atoms with van der Waals surface area (Å²) in [6.07, 6.45) is 0. The fourth-order valence-corrected chi connectivity index (χ4v) is 3.78. The summed E-state index contributed by atoms with van der Waals surface area (Å²) in [6, 6.07) is 15.8. The molecule has 6 heteroatoms. The Labute approximate surface area is 139 Å². The van der Waals surface area contributed by atoms with Gasteiger partial charge in [-0.1, -0.05) is 36.4 Å². The van der Waals surface area contributed by atoms with Gasteiger partial charge in [0.25, 0.3) is 10.0 Å². The maximum Gasteiger partial charge on any atom is 0.262 e. The van der Waals surface area contributed by atoms with E-state index in [1.165, 1.54) is 24.3 Å². The van der Waals surface area contributed by atoms with Crippen LogP contribution in [0.1, 0.15) is 6.92 Å². The number of anilines is 1. The van der Waals surface area contributed by atoms with Crippen LogP contribution in [-0.2, 0) is 10.0 Å². The number of nitrogens with one attached hydrogen (secondary N) is 1. The standard InChI is InChI=1S/C18H16FNO3S/c1-2-23-17-11-12-18(14-8-4-3-7-13(14)17)24(21,22)20-16-10-6-5-9-15(16)19/h3-12,20H,2H2,1H3.